The summed E-state index contributed by atoms with van der Waals surface area (Å²) in [6.07, 6.45) is 0. The molecule has 0 radical (unpaired) electrons. The van der Waals surface area contributed by atoms with Crippen LogP contribution < -0.4 is 4.90 Å². The Hall–Kier alpha value is -1.53. The highest BCUT2D eigenvalue weighted by atomic mass is 79.9. The number of anilines is 1. The molecule has 3 nitrogen and oxygen atoms in total. The van der Waals surface area contributed by atoms with Crippen molar-refractivity contribution in [3.63, 3.8) is 0 Å². The van der Waals surface area contributed by atoms with Crippen molar-refractivity contribution >= 4 is 44.6 Å². The Balaban J connectivity index is 2.01. The van der Waals surface area contributed by atoms with E-state index in [2.05, 4.69) is 15.9 Å². The van der Waals surface area contributed by atoms with Gasteiger partial charge < -0.3 is 0 Å². The molecule has 6 heteroatoms. The minimum Gasteiger partial charge on any atom is -0.299 e. The molecule has 19 heavy (non-hydrogen) atoms. The second-order valence-electron chi connectivity index (χ2n) is 4.09. The number of hydrogen-bond donors (Lipinski definition) is 0. The van der Waals surface area contributed by atoms with Crippen LogP contribution in [0.1, 0.15) is 15.2 Å². The Morgan fingerprint density at radius 2 is 2.00 bits per heavy atom. The van der Waals surface area contributed by atoms with Gasteiger partial charge in [0, 0.05) is 4.88 Å². The number of benzene rings is 1. The first kappa shape index (κ1) is 12.5. The van der Waals surface area contributed by atoms with Gasteiger partial charge >= 0.3 is 0 Å². The van der Waals surface area contributed by atoms with Gasteiger partial charge in [0.1, 0.15) is 5.82 Å². The summed E-state index contributed by atoms with van der Waals surface area (Å²) in [6, 6.07) is 7.50. The van der Waals surface area contributed by atoms with Crippen LogP contribution in [0.4, 0.5) is 10.1 Å². The Morgan fingerprint density at radius 3 is 2.68 bits per heavy atom. The molecule has 0 spiro atoms. The molecule has 2 heterocycles. The third-order valence-corrected chi connectivity index (χ3v) is 4.49. The zero-order chi connectivity index (χ0) is 13.6. The standard InChI is InChI=1S/C13H7BrFNO2S/c14-11-4-2-8(19-11)6-16-10-5-7(15)1-3-9(10)12(17)13(16)18/h1-5H,6H2. The van der Waals surface area contributed by atoms with Crippen molar-refractivity contribution in [3.05, 3.63) is 50.4 Å². The number of carbonyl (C=O) groups is 2. The Labute approximate surface area is 120 Å². The predicted molar refractivity (Wildman–Crippen MR) is 73.9 cm³/mol. The molecular formula is C13H7BrFNO2S. The van der Waals surface area contributed by atoms with E-state index in [0.717, 1.165) is 8.66 Å². The summed E-state index contributed by atoms with van der Waals surface area (Å²) < 4.78 is 14.2. The van der Waals surface area contributed by atoms with E-state index in [1.807, 2.05) is 12.1 Å². The van der Waals surface area contributed by atoms with Gasteiger partial charge in [-0.3, -0.25) is 14.5 Å². The highest BCUT2D eigenvalue weighted by molar-refractivity contribution is 9.11. The molecule has 0 aliphatic carbocycles. The van der Waals surface area contributed by atoms with Crippen LogP contribution in [-0.2, 0) is 11.3 Å². The lowest BCUT2D eigenvalue weighted by atomic mass is 10.1. The average molecular weight is 340 g/mol. The monoisotopic (exact) mass is 339 g/mol. The van der Waals surface area contributed by atoms with Gasteiger partial charge in [-0.05, 0) is 46.3 Å². The first-order chi connectivity index (χ1) is 9.06. The lowest BCUT2D eigenvalue weighted by molar-refractivity contribution is -0.114. The summed E-state index contributed by atoms with van der Waals surface area (Å²) >= 11 is 4.81. The number of nitrogens with zero attached hydrogens (tertiary/aromatic N) is 1. The number of amides is 1. The topological polar surface area (TPSA) is 37.4 Å². The van der Waals surface area contributed by atoms with Gasteiger partial charge in [-0.1, -0.05) is 0 Å². The van der Waals surface area contributed by atoms with E-state index in [1.165, 1.54) is 34.4 Å². The van der Waals surface area contributed by atoms with E-state index in [9.17, 15) is 14.0 Å². The molecule has 0 atom stereocenters. The van der Waals surface area contributed by atoms with E-state index in [1.54, 1.807) is 0 Å². The average Bonchev–Trinajstić information content (AvgIpc) is 2.88. The van der Waals surface area contributed by atoms with Gasteiger partial charge in [0.15, 0.2) is 0 Å². The van der Waals surface area contributed by atoms with Crippen LogP contribution in [0.3, 0.4) is 0 Å². The molecule has 0 saturated heterocycles. The lowest BCUT2D eigenvalue weighted by Gasteiger charge is -2.15. The number of carbonyl (C=O) groups excluding carboxylic acids is 2. The van der Waals surface area contributed by atoms with Crippen molar-refractivity contribution in [2.75, 3.05) is 4.90 Å². The van der Waals surface area contributed by atoms with Crippen LogP contribution in [0.5, 0.6) is 0 Å². The van der Waals surface area contributed by atoms with Crippen LogP contribution >= 0.6 is 27.3 Å². The SMILES string of the molecule is O=C1C(=O)N(Cc2ccc(Br)s2)c2cc(F)ccc21. The summed E-state index contributed by atoms with van der Waals surface area (Å²) in [6.45, 7) is 0.275. The van der Waals surface area contributed by atoms with Crippen molar-refractivity contribution in [2.45, 2.75) is 6.54 Å². The molecule has 3 rings (SSSR count). The maximum absolute atomic E-state index is 13.3. The summed E-state index contributed by atoms with van der Waals surface area (Å²) in [5.41, 5.74) is 0.613. The third kappa shape index (κ3) is 2.11. The molecule has 96 valence electrons. The molecule has 0 fully saturated rings. The minimum atomic E-state index is -0.606. The Bertz CT molecular complexity index is 698. The highest BCUT2D eigenvalue weighted by Gasteiger charge is 2.36. The van der Waals surface area contributed by atoms with Crippen LogP contribution in [-0.4, -0.2) is 11.7 Å². The number of halogens is 2. The quantitative estimate of drug-likeness (QED) is 0.786. The summed E-state index contributed by atoms with van der Waals surface area (Å²) in [5.74, 6) is -1.64. The fraction of sp³-hybridized carbons (Fsp3) is 0.0769. The zero-order valence-electron chi connectivity index (χ0n) is 9.52. The minimum absolute atomic E-state index is 0.266. The molecule has 0 bridgehead atoms. The van der Waals surface area contributed by atoms with Gasteiger partial charge in [0.25, 0.3) is 11.7 Å². The second-order valence-corrected chi connectivity index (χ2v) is 6.64. The van der Waals surface area contributed by atoms with Gasteiger partial charge in [-0.15, -0.1) is 11.3 Å². The van der Waals surface area contributed by atoms with Crippen LogP contribution in [0.2, 0.25) is 0 Å². The first-order valence-electron chi connectivity index (χ1n) is 5.46. The summed E-state index contributed by atoms with van der Waals surface area (Å²) in [4.78, 5) is 26.0. The largest absolute Gasteiger partial charge is 0.299 e. The number of thiophene rings is 1. The van der Waals surface area contributed by atoms with Crippen LogP contribution in [0.15, 0.2) is 34.1 Å². The molecule has 0 unspecified atom stereocenters. The van der Waals surface area contributed by atoms with Crippen LogP contribution in [0, 0.1) is 5.82 Å². The lowest BCUT2D eigenvalue weighted by Crippen LogP contribution is -2.28. The normalized spacial score (nSPS) is 14.1. The van der Waals surface area contributed by atoms with Crippen molar-refractivity contribution in [3.8, 4) is 0 Å². The number of rotatable bonds is 2. The first-order valence-corrected chi connectivity index (χ1v) is 7.07. The van der Waals surface area contributed by atoms with E-state index >= 15 is 0 Å². The van der Waals surface area contributed by atoms with E-state index in [-0.39, 0.29) is 12.1 Å². The summed E-state index contributed by atoms with van der Waals surface area (Å²) in [5, 5.41) is 0. The van der Waals surface area contributed by atoms with Crippen molar-refractivity contribution in [1.82, 2.24) is 0 Å². The zero-order valence-corrected chi connectivity index (χ0v) is 11.9. The second kappa shape index (κ2) is 4.54. The smallest absolute Gasteiger partial charge is 0.299 e. The van der Waals surface area contributed by atoms with Gasteiger partial charge in [-0.2, -0.15) is 0 Å². The van der Waals surface area contributed by atoms with Gasteiger partial charge in [0.05, 0.1) is 21.6 Å². The fourth-order valence-electron chi connectivity index (χ4n) is 2.02. The molecule has 1 aliphatic rings. The molecule has 0 saturated carbocycles. The molecule has 1 aliphatic heterocycles. The predicted octanol–water partition coefficient (Wildman–Crippen LogP) is 3.38. The van der Waals surface area contributed by atoms with Crippen LogP contribution in [0.25, 0.3) is 0 Å². The molecule has 1 amide bonds. The molecule has 1 aromatic carbocycles. The van der Waals surface area contributed by atoms with E-state index in [0.29, 0.717) is 5.69 Å². The number of ketones is 1. The van der Waals surface area contributed by atoms with Crippen molar-refractivity contribution < 1.29 is 14.0 Å². The van der Waals surface area contributed by atoms with Gasteiger partial charge in [0.2, 0.25) is 0 Å². The highest BCUT2D eigenvalue weighted by Crippen LogP contribution is 2.32. The maximum Gasteiger partial charge on any atom is 0.299 e. The molecule has 0 N–H and O–H groups in total. The molecule has 1 aromatic heterocycles. The van der Waals surface area contributed by atoms with E-state index < -0.39 is 17.5 Å². The molecular weight excluding hydrogens is 333 g/mol. The molecule has 2 aromatic rings. The number of hydrogen-bond acceptors (Lipinski definition) is 3. The fourth-order valence-corrected chi connectivity index (χ4v) is 3.49. The summed E-state index contributed by atoms with van der Waals surface area (Å²) in [7, 11) is 0. The van der Waals surface area contributed by atoms with E-state index in [4.69, 9.17) is 0 Å². The Morgan fingerprint density at radius 1 is 1.21 bits per heavy atom. The van der Waals surface area contributed by atoms with Crippen molar-refractivity contribution in [1.29, 1.82) is 0 Å². The van der Waals surface area contributed by atoms with Gasteiger partial charge in [-0.25, -0.2) is 4.39 Å². The third-order valence-electron chi connectivity index (χ3n) is 2.88. The van der Waals surface area contributed by atoms with Crippen molar-refractivity contribution in [2.24, 2.45) is 0 Å². The Kier molecular flexibility index (Phi) is 2.99. The number of fused-ring (bicyclic) bond motifs is 1. The maximum atomic E-state index is 13.3. The number of Topliss-reactive ketones (excluding diaryl/α,β-unsaturated/α-hetero) is 1.